The van der Waals surface area contributed by atoms with Gasteiger partial charge in [0, 0.05) is 12.1 Å². The van der Waals surface area contributed by atoms with Crippen LogP contribution < -0.4 is 0 Å². The third-order valence-electron chi connectivity index (χ3n) is 2.80. The molecule has 86 valence electrons. The first-order chi connectivity index (χ1) is 7.50. The van der Waals surface area contributed by atoms with E-state index in [0.29, 0.717) is 18.4 Å². The highest BCUT2D eigenvalue weighted by Gasteiger charge is 2.32. The molecular weight excluding hydrogens is 230 g/mol. The Morgan fingerprint density at radius 3 is 2.31 bits per heavy atom. The number of sulfone groups is 1. The number of nitro groups is 1. The zero-order valence-corrected chi connectivity index (χ0v) is 9.31. The molecule has 0 bridgehead atoms. The van der Waals surface area contributed by atoms with E-state index >= 15 is 0 Å². The van der Waals surface area contributed by atoms with Crippen LogP contribution in [0.1, 0.15) is 23.7 Å². The number of nitrogens with zero attached hydrogens (tertiary/aromatic N) is 1. The van der Waals surface area contributed by atoms with Crippen molar-refractivity contribution in [2.75, 3.05) is 5.75 Å². The number of benzene rings is 1. The molecule has 0 aliphatic carbocycles. The average Bonchev–Trinajstić information content (AvgIpc) is 2.58. The van der Waals surface area contributed by atoms with Crippen molar-refractivity contribution in [1.82, 2.24) is 0 Å². The Balaban J connectivity index is 2.32. The fourth-order valence-corrected chi connectivity index (χ4v) is 3.93. The number of hydrogen-bond acceptors (Lipinski definition) is 4. The molecule has 2 rings (SSSR count). The van der Waals surface area contributed by atoms with Gasteiger partial charge in [-0.2, -0.15) is 0 Å². The van der Waals surface area contributed by atoms with Crippen LogP contribution in [0.15, 0.2) is 24.3 Å². The van der Waals surface area contributed by atoms with Gasteiger partial charge in [-0.25, -0.2) is 8.42 Å². The van der Waals surface area contributed by atoms with E-state index in [9.17, 15) is 18.5 Å². The quantitative estimate of drug-likeness (QED) is 0.584. The van der Waals surface area contributed by atoms with E-state index in [1.54, 1.807) is 0 Å². The maximum absolute atomic E-state index is 11.6. The summed E-state index contributed by atoms with van der Waals surface area (Å²) < 4.78 is 23.3. The fraction of sp³-hybridized carbons (Fsp3) is 0.400. The fourth-order valence-electron chi connectivity index (χ4n) is 1.98. The summed E-state index contributed by atoms with van der Waals surface area (Å²) >= 11 is 0. The topological polar surface area (TPSA) is 77.3 Å². The van der Waals surface area contributed by atoms with Crippen molar-refractivity contribution in [3.63, 3.8) is 0 Å². The van der Waals surface area contributed by atoms with Crippen molar-refractivity contribution >= 4 is 15.5 Å². The summed E-state index contributed by atoms with van der Waals surface area (Å²) in [6.07, 6.45) is 1.28. The van der Waals surface area contributed by atoms with Gasteiger partial charge >= 0.3 is 0 Å². The predicted octanol–water partition coefficient (Wildman–Crippen LogP) is 1.84. The van der Waals surface area contributed by atoms with Crippen LogP contribution in [0.3, 0.4) is 0 Å². The summed E-state index contributed by atoms with van der Waals surface area (Å²) in [6, 6.07) is 5.77. The molecule has 0 spiro atoms. The molecule has 1 heterocycles. The first-order valence-corrected chi connectivity index (χ1v) is 6.68. The Morgan fingerprint density at radius 2 is 1.88 bits per heavy atom. The molecule has 1 aliphatic rings. The first-order valence-electron chi connectivity index (χ1n) is 4.96. The Morgan fingerprint density at radius 1 is 1.25 bits per heavy atom. The Bertz CT molecular complexity index is 506. The third-order valence-corrected chi connectivity index (χ3v) is 5.04. The number of non-ortho nitro benzene ring substituents is 1. The highest BCUT2D eigenvalue weighted by atomic mass is 32.2. The minimum atomic E-state index is -3.04. The van der Waals surface area contributed by atoms with Crippen LogP contribution in [0.2, 0.25) is 0 Å². The van der Waals surface area contributed by atoms with E-state index in [4.69, 9.17) is 0 Å². The molecular formula is C10H11NO4S. The Labute approximate surface area is 93.2 Å². The van der Waals surface area contributed by atoms with Crippen molar-refractivity contribution in [3.05, 3.63) is 39.9 Å². The monoisotopic (exact) mass is 241 g/mol. The van der Waals surface area contributed by atoms with Crippen LogP contribution in [0.5, 0.6) is 0 Å². The molecule has 1 saturated heterocycles. The predicted molar refractivity (Wildman–Crippen MR) is 58.9 cm³/mol. The molecule has 5 nitrogen and oxygen atoms in total. The van der Waals surface area contributed by atoms with E-state index in [0.717, 1.165) is 0 Å². The molecule has 0 radical (unpaired) electrons. The van der Waals surface area contributed by atoms with Gasteiger partial charge in [0.25, 0.3) is 5.69 Å². The number of hydrogen-bond donors (Lipinski definition) is 0. The Hall–Kier alpha value is -1.43. The van der Waals surface area contributed by atoms with Crippen molar-refractivity contribution in [2.45, 2.75) is 18.1 Å². The third kappa shape index (κ3) is 1.92. The molecule has 16 heavy (non-hydrogen) atoms. The second-order valence-corrected chi connectivity index (χ2v) is 6.15. The van der Waals surface area contributed by atoms with Crippen molar-refractivity contribution in [3.8, 4) is 0 Å². The second-order valence-electron chi connectivity index (χ2n) is 3.85. The smallest absolute Gasteiger partial charge is 0.258 e. The lowest BCUT2D eigenvalue weighted by Crippen LogP contribution is -2.07. The molecule has 1 aromatic carbocycles. The van der Waals surface area contributed by atoms with Gasteiger partial charge in [0.05, 0.1) is 15.9 Å². The van der Waals surface area contributed by atoms with E-state index in [1.807, 2.05) is 0 Å². The van der Waals surface area contributed by atoms with Crippen molar-refractivity contribution in [2.24, 2.45) is 0 Å². The number of rotatable bonds is 2. The molecule has 0 saturated carbocycles. The summed E-state index contributed by atoms with van der Waals surface area (Å²) in [5.74, 6) is 0.217. The van der Waals surface area contributed by atoms with Crippen molar-refractivity contribution in [1.29, 1.82) is 0 Å². The summed E-state index contributed by atoms with van der Waals surface area (Å²) in [5.41, 5.74) is 0.641. The first kappa shape index (κ1) is 11.1. The normalized spacial score (nSPS) is 23.1. The largest absolute Gasteiger partial charge is 0.269 e. The molecule has 1 fully saturated rings. The second kappa shape index (κ2) is 3.86. The van der Waals surface area contributed by atoms with E-state index in [-0.39, 0.29) is 11.4 Å². The zero-order chi connectivity index (χ0) is 11.8. The van der Waals surface area contributed by atoms with Crippen LogP contribution in [-0.2, 0) is 9.84 Å². The van der Waals surface area contributed by atoms with Gasteiger partial charge in [-0.3, -0.25) is 10.1 Å². The molecule has 6 heteroatoms. The summed E-state index contributed by atoms with van der Waals surface area (Å²) in [6.45, 7) is 0. The molecule has 0 aromatic heterocycles. The van der Waals surface area contributed by atoms with Gasteiger partial charge in [-0.1, -0.05) is 12.1 Å². The van der Waals surface area contributed by atoms with E-state index in [1.165, 1.54) is 24.3 Å². The van der Waals surface area contributed by atoms with Gasteiger partial charge < -0.3 is 0 Å². The van der Waals surface area contributed by atoms with Crippen LogP contribution in [-0.4, -0.2) is 19.1 Å². The Kier molecular flexibility index (Phi) is 2.67. The summed E-state index contributed by atoms with van der Waals surface area (Å²) in [7, 11) is -3.04. The molecule has 0 amide bonds. The molecule has 1 unspecified atom stereocenters. The standard InChI is InChI=1S/C10H11NO4S/c12-11(13)9-5-3-8(4-6-9)10-2-1-7-16(10,14)15/h3-6,10H,1-2,7H2. The van der Waals surface area contributed by atoms with Crippen LogP contribution >= 0.6 is 0 Å². The minimum Gasteiger partial charge on any atom is -0.258 e. The lowest BCUT2D eigenvalue weighted by Gasteiger charge is -2.08. The van der Waals surface area contributed by atoms with Crippen LogP contribution in [0, 0.1) is 10.1 Å². The molecule has 0 N–H and O–H groups in total. The van der Waals surface area contributed by atoms with Crippen LogP contribution in [0.4, 0.5) is 5.69 Å². The van der Waals surface area contributed by atoms with Gasteiger partial charge in [-0.15, -0.1) is 0 Å². The van der Waals surface area contributed by atoms with Crippen molar-refractivity contribution < 1.29 is 13.3 Å². The average molecular weight is 241 g/mol. The zero-order valence-electron chi connectivity index (χ0n) is 8.50. The summed E-state index contributed by atoms with van der Waals surface area (Å²) in [4.78, 5) is 9.96. The maximum Gasteiger partial charge on any atom is 0.269 e. The lowest BCUT2D eigenvalue weighted by atomic mass is 10.1. The van der Waals surface area contributed by atoms with Gasteiger partial charge in [-0.05, 0) is 18.4 Å². The lowest BCUT2D eigenvalue weighted by molar-refractivity contribution is -0.384. The highest BCUT2D eigenvalue weighted by molar-refractivity contribution is 7.91. The highest BCUT2D eigenvalue weighted by Crippen LogP contribution is 2.34. The number of nitro benzene ring substituents is 1. The van der Waals surface area contributed by atoms with Gasteiger partial charge in [0.2, 0.25) is 0 Å². The van der Waals surface area contributed by atoms with Crippen LogP contribution in [0.25, 0.3) is 0 Å². The molecule has 1 atom stereocenters. The van der Waals surface area contributed by atoms with E-state index in [2.05, 4.69) is 0 Å². The molecule has 1 aromatic rings. The maximum atomic E-state index is 11.6. The van der Waals surface area contributed by atoms with Gasteiger partial charge in [0.15, 0.2) is 9.84 Å². The van der Waals surface area contributed by atoms with Gasteiger partial charge in [0.1, 0.15) is 0 Å². The SMILES string of the molecule is O=[N+]([O-])c1ccc(C2CCCS2(=O)=O)cc1. The minimum absolute atomic E-state index is 0.0147. The molecule has 1 aliphatic heterocycles. The summed E-state index contributed by atoms with van der Waals surface area (Å²) in [5, 5.41) is 9.97. The van der Waals surface area contributed by atoms with E-state index < -0.39 is 20.0 Å².